The van der Waals surface area contributed by atoms with E-state index in [4.69, 9.17) is 9.47 Å². The van der Waals surface area contributed by atoms with Gasteiger partial charge in [-0.2, -0.15) is 0 Å². The van der Waals surface area contributed by atoms with Crippen molar-refractivity contribution in [3.05, 3.63) is 29.8 Å². The highest BCUT2D eigenvalue weighted by Gasteiger charge is 2.55. The van der Waals surface area contributed by atoms with Crippen LogP contribution in [0.2, 0.25) is 0 Å². The Bertz CT molecular complexity index is 808. The Kier molecular flexibility index (Phi) is 5.67. The first-order chi connectivity index (χ1) is 13.4. The second-order valence-corrected chi connectivity index (χ2v) is 7.26. The topological polar surface area (TPSA) is 102 Å². The molecule has 8 heteroatoms. The van der Waals surface area contributed by atoms with Crippen molar-refractivity contribution in [1.29, 1.82) is 0 Å². The lowest BCUT2D eigenvalue weighted by molar-refractivity contribution is -0.147. The summed E-state index contributed by atoms with van der Waals surface area (Å²) in [5.74, 6) is -1.07. The van der Waals surface area contributed by atoms with Crippen LogP contribution in [0.15, 0.2) is 24.3 Å². The summed E-state index contributed by atoms with van der Waals surface area (Å²) in [5.41, 5.74) is -0.580. The van der Waals surface area contributed by atoms with Gasteiger partial charge in [-0.15, -0.1) is 0 Å². The van der Waals surface area contributed by atoms with Crippen LogP contribution in [0.5, 0.6) is 5.75 Å². The van der Waals surface area contributed by atoms with Gasteiger partial charge in [-0.1, -0.05) is 31.9 Å². The molecular formula is C20H24N2O6. The number of benzene rings is 1. The SMILES string of the molecule is COc1cccc(C(=O)COC(=O)CN2C(=O)NC3(CCCCC3C)C2=O)c1. The van der Waals surface area contributed by atoms with E-state index in [1.54, 1.807) is 24.3 Å². The Balaban J connectivity index is 1.58. The van der Waals surface area contributed by atoms with Crippen LogP contribution in [0.3, 0.4) is 0 Å². The van der Waals surface area contributed by atoms with Gasteiger partial charge in [0.05, 0.1) is 7.11 Å². The molecule has 1 aromatic rings. The zero-order valence-corrected chi connectivity index (χ0v) is 16.0. The monoisotopic (exact) mass is 388 g/mol. The first-order valence-corrected chi connectivity index (χ1v) is 9.34. The molecule has 2 aliphatic rings. The number of esters is 1. The summed E-state index contributed by atoms with van der Waals surface area (Å²) in [6, 6.07) is 5.90. The standard InChI is InChI=1S/C20H24N2O6/c1-13-6-3-4-9-20(13)18(25)22(19(26)21-20)11-17(24)28-12-16(23)14-7-5-8-15(10-14)27-2/h5,7-8,10,13H,3-4,6,9,11-12H2,1-2H3,(H,21,26). The van der Waals surface area contributed by atoms with Crippen molar-refractivity contribution < 1.29 is 28.7 Å². The van der Waals surface area contributed by atoms with Crippen LogP contribution in [-0.4, -0.2) is 54.4 Å². The number of nitrogens with zero attached hydrogens (tertiary/aromatic N) is 1. The van der Waals surface area contributed by atoms with Gasteiger partial charge in [0.1, 0.15) is 17.8 Å². The number of hydrogen-bond donors (Lipinski definition) is 1. The van der Waals surface area contributed by atoms with Crippen molar-refractivity contribution in [1.82, 2.24) is 10.2 Å². The molecule has 1 aromatic carbocycles. The summed E-state index contributed by atoms with van der Waals surface area (Å²) < 4.78 is 10.0. The van der Waals surface area contributed by atoms with E-state index < -0.39 is 36.5 Å². The normalized spacial score (nSPS) is 24.2. The number of nitrogens with one attached hydrogen (secondary N) is 1. The third kappa shape index (κ3) is 3.72. The van der Waals surface area contributed by atoms with Crippen molar-refractivity contribution >= 4 is 23.7 Å². The molecule has 28 heavy (non-hydrogen) atoms. The summed E-state index contributed by atoms with van der Waals surface area (Å²) >= 11 is 0. The number of carbonyl (C=O) groups excluding carboxylic acids is 4. The average molecular weight is 388 g/mol. The minimum Gasteiger partial charge on any atom is -0.497 e. The molecule has 1 saturated carbocycles. The van der Waals surface area contributed by atoms with Gasteiger partial charge in [0.25, 0.3) is 5.91 Å². The lowest BCUT2D eigenvalue weighted by Gasteiger charge is -2.36. The number of carbonyl (C=O) groups is 4. The maximum atomic E-state index is 12.8. The van der Waals surface area contributed by atoms with Crippen LogP contribution in [0, 0.1) is 5.92 Å². The number of Topliss-reactive ketones (excluding diaryl/α,β-unsaturated/α-hetero) is 1. The fraction of sp³-hybridized carbons (Fsp3) is 0.500. The maximum Gasteiger partial charge on any atom is 0.326 e. The fourth-order valence-corrected chi connectivity index (χ4v) is 3.84. The van der Waals surface area contributed by atoms with Crippen molar-refractivity contribution in [3.8, 4) is 5.75 Å². The largest absolute Gasteiger partial charge is 0.497 e. The second-order valence-electron chi connectivity index (χ2n) is 7.26. The molecular weight excluding hydrogens is 364 g/mol. The number of imide groups is 1. The highest BCUT2D eigenvalue weighted by molar-refractivity contribution is 6.09. The highest BCUT2D eigenvalue weighted by Crippen LogP contribution is 2.38. The first kappa shape index (κ1) is 19.9. The van der Waals surface area contributed by atoms with Crippen LogP contribution < -0.4 is 10.1 Å². The number of rotatable bonds is 6. The van der Waals surface area contributed by atoms with Gasteiger partial charge < -0.3 is 14.8 Å². The number of methoxy groups -OCH3 is 1. The van der Waals surface area contributed by atoms with Crippen molar-refractivity contribution in [2.24, 2.45) is 5.92 Å². The summed E-state index contributed by atoms with van der Waals surface area (Å²) in [5, 5.41) is 2.78. The van der Waals surface area contributed by atoms with E-state index in [-0.39, 0.29) is 11.8 Å². The zero-order chi connectivity index (χ0) is 20.3. The Morgan fingerprint density at radius 1 is 1.29 bits per heavy atom. The van der Waals surface area contributed by atoms with E-state index in [9.17, 15) is 19.2 Å². The van der Waals surface area contributed by atoms with E-state index in [0.717, 1.165) is 24.2 Å². The van der Waals surface area contributed by atoms with Crippen LogP contribution in [0.1, 0.15) is 43.0 Å². The lowest BCUT2D eigenvalue weighted by atomic mass is 9.73. The summed E-state index contributed by atoms with van der Waals surface area (Å²) in [4.78, 5) is 50.3. The van der Waals surface area contributed by atoms with Crippen LogP contribution >= 0.6 is 0 Å². The van der Waals surface area contributed by atoms with E-state index >= 15 is 0 Å². The fourth-order valence-electron chi connectivity index (χ4n) is 3.84. The molecule has 1 N–H and O–H groups in total. The van der Waals surface area contributed by atoms with Crippen molar-refractivity contribution in [2.45, 2.75) is 38.1 Å². The minimum atomic E-state index is -0.925. The van der Waals surface area contributed by atoms with E-state index in [0.29, 0.717) is 17.7 Å². The number of ketones is 1. The predicted octanol–water partition coefficient (Wildman–Crippen LogP) is 1.92. The van der Waals surface area contributed by atoms with Gasteiger partial charge in [-0.25, -0.2) is 4.79 Å². The molecule has 0 bridgehead atoms. The Morgan fingerprint density at radius 2 is 2.07 bits per heavy atom. The summed E-state index contributed by atoms with van der Waals surface area (Å²) in [7, 11) is 1.49. The van der Waals surface area contributed by atoms with Crippen LogP contribution in [0.25, 0.3) is 0 Å². The Labute approximate surface area is 163 Å². The number of urea groups is 1. The molecule has 1 aliphatic carbocycles. The Morgan fingerprint density at radius 3 is 2.79 bits per heavy atom. The van der Waals surface area contributed by atoms with Gasteiger partial charge in [0, 0.05) is 5.56 Å². The third-order valence-electron chi connectivity index (χ3n) is 5.54. The first-order valence-electron chi connectivity index (χ1n) is 9.34. The number of hydrogen-bond acceptors (Lipinski definition) is 6. The van der Waals surface area contributed by atoms with E-state index in [1.807, 2.05) is 6.92 Å². The smallest absolute Gasteiger partial charge is 0.326 e. The van der Waals surface area contributed by atoms with Crippen molar-refractivity contribution in [2.75, 3.05) is 20.3 Å². The van der Waals surface area contributed by atoms with E-state index in [1.165, 1.54) is 7.11 Å². The third-order valence-corrected chi connectivity index (χ3v) is 5.54. The molecule has 2 fully saturated rings. The summed E-state index contributed by atoms with van der Waals surface area (Å²) in [6.07, 6.45) is 3.28. The van der Waals surface area contributed by atoms with Crippen LogP contribution in [-0.2, 0) is 14.3 Å². The van der Waals surface area contributed by atoms with Gasteiger partial charge in [-0.3, -0.25) is 19.3 Å². The van der Waals surface area contributed by atoms with Gasteiger partial charge in [-0.05, 0) is 30.9 Å². The molecule has 2 atom stereocenters. The molecule has 0 aromatic heterocycles. The molecule has 8 nitrogen and oxygen atoms in total. The predicted molar refractivity (Wildman–Crippen MR) is 98.9 cm³/mol. The molecule has 1 saturated heterocycles. The highest BCUT2D eigenvalue weighted by atomic mass is 16.5. The molecule has 3 amide bonds. The number of ether oxygens (including phenoxy) is 2. The van der Waals surface area contributed by atoms with Gasteiger partial charge >= 0.3 is 12.0 Å². The van der Waals surface area contributed by atoms with Gasteiger partial charge in [0.2, 0.25) is 0 Å². The zero-order valence-electron chi connectivity index (χ0n) is 16.0. The summed E-state index contributed by atoms with van der Waals surface area (Å²) in [6.45, 7) is 0.952. The molecule has 2 unspecified atom stereocenters. The quantitative estimate of drug-likeness (QED) is 0.454. The second kappa shape index (κ2) is 8.00. The minimum absolute atomic E-state index is 0.00774. The molecule has 3 rings (SSSR count). The van der Waals surface area contributed by atoms with Gasteiger partial charge in [0.15, 0.2) is 12.4 Å². The van der Waals surface area contributed by atoms with Crippen LogP contribution in [0.4, 0.5) is 4.79 Å². The molecule has 1 spiro atoms. The number of amides is 3. The molecule has 150 valence electrons. The molecule has 1 aliphatic heterocycles. The molecule has 1 heterocycles. The molecule has 0 radical (unpaired) electrons. The van der Waals surface area contributed by atoms with E-state index in [2.05, 4.69) is 5.32 Å². The Hall–Kier alpha value is -2.90. The average Bonchev–Trinajstić information content (AvgIpc) is 2.93. The maximum absolute atomic E-state index is 12.8. The van der Waals surface area contributed by atoms with Crippen molar-refractivity contribution in [3.63, 3.8) is 0 Å². The lowest BCUT2D eigenvalue weighted by Crippen LogP contribution is -2.54.